The highest BCUT2D eigenvalue weighted by Gasteiger charge is 2.04. The second-order valence-electron chi connectivity index (χ2n) is 6.76. The Labute approximate surface area is 198 Å². The molecule has 0 saturated heterocycles. The van der Waals surface area contributed by atoms with Crippen LogP contribution in [-0.2, 0) is 6.61 Å². The molecule has 5 nitrogen and oxygen atoms in total. The van der Waals surface area contributed by atoms with Gasteiger partial charge in [0.2, 0.25) is 0 Å². The summed E-state index contributed by atoms with van der Waals surface area (Å²) in [5.74, 6) is 0.811. The molecule has 0 unspecified atom stereocenters. The summed E-state index contributed by atoms with van der Waals surface area (Å²) in [4.78, 5) is 12.0. The van der Waals surface area contributed by atoms with Gasteiger partial charge in [0.1, 0.15) is 12.4 Å². The first kappa shape index (κ1) is 22.3. The molecular formula is C23H21BrIN3O2. The van der Waals surface area contributed by atoms with E-state index in [1.807, 2.05) is 55.5 Å². The van der Waals surface area contributed by atoms with Crippen LogP contribution in [-0.4, -0.2) is 12.2 Å². The molecule has 30 heavy (non-hydrogen) atoms. The maximum Gasteiger partial charge on any atom is 0.339 e. The number of hydrogen-bond acceptors (Lipinski definition) is 3. The van der Waals surface area contributed by atoms with Crippen molar-refractivity contribution in [3.8, 4) is 5.75 Å². The number of carbonyl (C=O) groups is 1. The zero-order valence-corrected chi connectivity index (χ0v) is 20.3. The highest BCUT2D eigenvalue weighted by Crippen LogP contribution is 2.23. The minimum atomic E-state index is -0.402. The van der Waals surface area contributed by atoms with Crippen molar-refractivity contribution in [2.24, 2.45) is 5.10 Å². The maximum absolute atomic E-state index is 12.0. The predicted molar refractivity (Wildman–Crippen MR) is 133 cm³/mol. The number of anilines is 1. The van der Waals surface area contributed by atoms with Gasteiger partial charge >= 0.3 is 6.03 Å². The first-order chi connectivity index (χ1) is 14.4. The zero-order chi connectivity index (χ0) is 21.5. The van der Waals surface area contributed by atoms with Crippen LogP contribution in [0.4, 0.5) is 10.5 Å². The molecule has 0 spiro atoms. The van der Waals surface area contributed by atoms with Gasteiger partial charge in [-0.05, 0) is 89.5 Å². The van der Waals surface area contributed by atoms with Crippen LogP contribution in [0.1, 0.15) is 22.3 Å². The quantitative estimate of drug-likeness (QED) is 0.202. The van der Waals surface area contributed by atoms with Crippen LogP contribution in [0.3, 0.4) is 0 Å². The van der Waals surface area contributed by atoms with Gasteiger partial charge in [0.25, 0.3) is 0 Å². The van der Waals surface area contributed by atoms with Crippen molar-refractivity contribution in [2.45, 2.75) is 20.5 Å². The van der Waals surface area contributed by atoms with Crippen LogP contribution in [0.15, 0.2) is 70.2 Å². The molecule has 0 bridgehead atoms. The number of aryl methyl sites for hydroxylation is 2. The Bertz CT molecular complexity index is 1090. The smallest absolute Gasteiger partial charge is 0.339 e. The molecule has 0 aliphatic heterocycles. The molecule has 0 aliphatic carbocycles. The van der Waals surface area contributed by atoms with E-state index in [-0.39, 0.29) is 0 Å². The molecule has 7 heteroatoms. The fraction of sp³-hybridized carbons (Fsp3) is 0.130. The topological polar surface area (TPSA) is 62.7 Å². The van der Waals surface area contributed by atoms with Gasteiger partial charge in [0.15, 0.2) is 0 Å². The number of benzene rings is 3. The number of nitrogens with zero attached hydrogens (tertiary/aromatic N) is 1. The Morgan fingerprint density at radius 2 is 1.97 bits per heavy atom. The number of amides is 2. The lowest BCUT2D eigenvalue weighted by atomic mass is 10.1. The van der Waals surface area contributed by atoms with Crippen molar-refractivity contribution < 1.29 is 9.53 Å². The van der Waals surface area contributed by atoms with E-state index in [1.165, 1.54) is 5.56 Å². The minimum absolute atomic E-state index is 0.402. The maximum atomic E-state index is 12.0. The average Bonchev–Trinajstić information content (AvgIpc) is 2.70. The number of halogens is 2. The third-order valence-corrected chi connectivity index (χ3v) is 5.96. The van der Waals surface area contributed by atoms with Crippen LogP contribution in [0.5, 0.6) is 5.75 Å². The van der Waals surface area contributed by atoms with Crippen molar-refractivity contribution >= 4 is 56.5 Å². The van der Waals surface area contributed by atoms with Gasteiger partial charge in [-0.25, -0.2) is 10.2 Å². The van der Waals surface area contributed by atoms with Gasteiger partial charge in [-0.3, -0.25) is 0 Å². The predicted octanol–water partition coefficient (Wildman–Crippen LogP) is 6.41. The van der Waals surface area contributed by atoms with Crippen molar-refractivity contribution in [3.63, 3.8) is 0 Å². The molecule has 0 atom stereocenters. The number of hydrazone groups is 1. The van der Waals surface area contributed by atoms with Crippen LogP contribution in [0, 0.1) is 17.4 Å². The summed E-state index contributed by atoms with van der Waals surface area (Å²) >= 11 is 5.67. The summed E-state index contributed by atoms with van der Waals surface area (Å²) < 4.78 is 7.89. The van der Waals surface area contributed by atoms with Crippen molar-refractivity contribution in [1.29, 1.82) is 0 Å². The molecule has 2 N–H and O–H groups in total. The van der Waals surface area contributed by atoms with Crippen LogP contribution in [0.2, 0.25) is 0 Å². The van der Waals surface area contributed by atoms with E-state index >= 15 is 0 Å². The molecule has 0 saturated carbocycles. The second-order valence-corrected chi connectivity index (χ2v) is 8.77. The largest absolute Gasteiger partial charge is 0.488 e. The average molecular weight is 578 g/mol. The van der Waals surface area contributed by atoms with Gasteiger partial charge in [-0.15, -0.1) is 0 Å². The molecule has 0 aromatic heterocycles. The molecule has 154 valence electrons. The van der Waals surface area contributed by atoms with Gasteiger partial charge in [0.05, 0.1) is 9.78 Å². The Hall–Kier alpha value is -2.39. The summed E-state index contributed by atoms with van der Waals surface area (Å²) in [6.45, 7) is 4.54. The molecule has 3 rings (SSSR count). The number of nitrogens with one attached hydrogen (secondary N) is 2. The van der Waals surface area contributed by atoms with Crippen LogP contribution in [0.25, 0.3) is 0 Å². The summed E-state index contributed by atoms with van der Waals surface area (Å²) in [5.41, 5.74) is 7.42. The van der Waals surface area contributed by atoms with E-state index in [0.29, 0.717) is 12.3 Å². The van der Waals surface area contributed by atoms with E-state index in [4.69, 9.17) is 4.74 Å². The van der Waals surface area contributed by atoms with Gasteiger partial charge in [-0.1, -0.05) is 45.8 Å². The Morgan fingerprint density at radius 1 is 1.13 bits per heavy atom. The first-order valence-electron chi connectivity index (χ1n) is 9.25. The van der Waals surface area contributed by atoms with Crippen LogP contribution < -0.4 is 15.5 Å². The second kappa shape index (κ2) is 10.6. The van der Waals surface area contributed by atoms with Gasteiger partial charge in [0, 0.05) is 10.2 Å². The molecule has 0 heterocycles. The monoisotopic (exact) mass is 577 g/mol. The first-order valence-corrected chi connectivity index (χ1v) is 11.1. The molecule has 0 radical (unpaired) electrons. The van der Waals surface area contributed by atoms with E-state index in [2.05, 4.69) is 73.4 Å². The number of carbonyl (C=O) groups excluding carboxylic acids is 1. The fourth-order valence-corrected chi connectivity index (χ4v) is 3.67. The summed E-state index contributed by atoms with van der Waals surface area (Å²) in [6, 6.07) is 19.2. The van der Waals surface area contributed by atoms with Crippen LogP contribution >= 0.6 is 38.5 Å². The lowest BCUT2D eigenvalue weighted by Gasteiger charge is -2.09. The highest BCUT2D eigenvalue weighted by atomic mass is 127. The molecular weight excluding hydrogens is 557 g/mol. The summed E-state index contributed by atoms with van der Waals surface area (Å²) in [5, 5.41) is 6.76. The molecule has 2 amide bonds. The molecule has 0 aliphatic rings. The van der Waals surface area contributed by atoms with Crippen molar-refractivity contribution in [1.82, 2.24) is 5.43 Å². The minimum Gasteiger partial charge on any atom is -0.488 e. The standard InChI is InChI=1S/C23H21BrIN3O2/c1-15-4-3-5-18(10-15)14-30-22-9-6-17(12-21(22)25)13-26-28-23(29)27-19-7-8-20(24)16(2)11-19/h3-13H,14H2,1-2H3,(H2,27,28,29)/b26-13+. The SMILES string of the molecule is Cc1cccc(COc2ccc(/C=N/NC(=O)Nc3ccc(Br)c(C)c3)cc2I)c1. The van der Waals surface area contributed by atoms with E-state index in [0.717, 1.165) is 30.5 Å². The molecule has 3 aromatic carbocycles. The Kier molecular flexibility index (Phi) is 7.87. The molecule has 3 aromatic rings. The Morgan fingerprint density at radius 3 is 2.70 bits per heavy atom. The third kappa shape index (κ3) is 6.56. The van der Waals surface area contributed by atoms with E-state index in [9.17, 15) is 4.79 Å². The number of rotatable bonds is 6. The zero-order valence-electron chi connectivity index (χ0n) is 16.6. The van der Waals surface area contributed by atoms with Gasteiger partial charge in [-0.2, -0.15) is 5.10 Å². The molecule has 0 fully saturated rings. The highest BCUT2D eigenvalue weighted by molar-refractivity contribution is 14.1. The summed E-state index contributed by atoms with van der Waals surface area (Å²) in [7, 11) is 0. The van der Waals surface area contributed by atoms with Crippen molar-refractivity contribution in [3.05, 3.63) is 91.0 Å². The number of urea groups is 1. The van der Waals surface area contributed by atoms with E-state index < -0.39 is 6.03 Å². The van der Waals surface area contributed by atoms with Gasteiger partial charge < -0.3 is 10.1 Å². The van der Waals surface area contributed by atoms with Crippen molar-refractivity contribution in [2.75, 3.05) is 5.32 Å². The fourth-order valence-electron chi connectivity index (χ4n) is 2.72. The Balaban J connectivity index is 1.53. The lowest BCUT2D eigenvalue weighted by Crippen LogP contribution is -2.24. The van der Waals surface area contributed by atoms with E-state index in [1.54, 1.807) is 6.21 Å². The third-order valence-electron chi connectivity index (χ3n) is 4.23. The number of hydrogen-bond donors (Lipinski definition) is 2. The lowest BCUT2D eigenvalue weighted by molar-refractivity contribution is 0.252. The normalized spacial score (nSPS) is 10.8. The summed E-state index contributed by atoms with van der Waals surface area (Å²) in [6.07, 6.45) is 1.60. The number of ether oxygens (including phenoxy) is 1.